The summed E-state index contributed by atoms with van der Waals surface area (Å²) in [6.45, 7) is 0. The Labute approximate surface area is 99.8 Å². The van der Waals surface area contributed by atoms with Crippen molar-refractivity contribution in [2.75, 3.05) is 0 Å². The molecule has 0 bridgehead atoms. The third-order valence-corrected chi connectivity index (χ3v) is 2.04. The fourth-order valence-electron chi connectivity index (χ4n) is 0.977. The molecule has 92 valence electrons. The van der Waals surface area contributed by atoms with Gasteiger partial charge in [-0.15, -0.1) is 5.10 Å². The average Bonchev–Trinajstić information content (AvgIpc) is 2.18. The van der Waals surface area contributed by atoms with Crippen LogP contribution in [0.3, 0.4) is 0 Å². The molecule has 0 aliphatic carbocycles. The van der Waals surface area contributed by atoms with Crippen LogP contribution >= 0.6 is 11.6 Å². The Hall–Kier alpha value is -1.76. The summed E-state index contributed by atoms with van der Waals surface area (Å²) < 4.78 is 37.2. The predicted octanol–water partition coefficient (Wildman–Crippen LogP) is 1.97. The van der Waals surface area contributed by atoms with Gasteiger partial charge in [-0.2, -0.15) is 18.3 Å². The van der Waals surface area contributed by atoms with Gasteiger partial charge < -0.3 is 11.5 Å². The average molecular weight is 265 g/mol. The van der Waals surface area contributed by atoms with E-state index in [0.717, 1.165) is 24.4 Å². The number of halogens is 4. The molecule has 0 aromatic heterocycles. The first kappa shape index (κ1) is 13.3. The standard InChI is InChI=1S/C9H8ClF3N4/c10-7-2-1-6(9(11,12)13)3-5(7)4-16-17-8(14)15/h1-4H,(H4,14,15,17)/b16-4+. The number of nitrogens with two attached hydrogens (primary N) is 2. The van der Waals surface area contributed by atoms with Gasteiger partial charge in [0.25, 0.3) is 0 Å². The van der Waals surface area contributed by atoms with E-state index in [1.807, 2.05) is 0 Å². The van der Waals surface area contributed by atoms with Crippen molar-refractivity contribution in [1.82, 2.24) is 0 Å². The minimum Gasteiger partial charge on any atom is -0.369 e. The number of rotatable bonds is 2. The molecule has 1 aromatic carbocycles. The van der Waals surface area contributed by atoms with Gasteiger partial charge in [-0.05, 0) is 18.2 Å². The van der Waals surface area contributed by atoms with Crippen LogP contribution in [0, 0.1) is 0 Å². The molecule has 1 rings (SSSR count). The first-order valence-corrected chi connectivity index (χ1v) is 4.67. The van der Waals surface area contributed by atoms with Crippen LogP contribution in [0.15, 0.2) is 28.4 Å². The summed E-state index contributed by atoms with van der Waals surface area (Å²) in [6, 6.07) is 2.86. The molecule has 0 fully saturated rings. The Morgan fingerprint density at radius 1 is 1.29 bits per heavy atom. The Bertz CT molecular complexity index is 464. The van der Waals surface area contributed by atoms with Crippen LogP contribution in [-0.4, -0.2) is 12.2 Å². The lowest BCUT2D eigenvalue weighted by Gasteiger charge is -2.07. The van der Waals surface area contributed by atoms with Crippen molar-refractivity contribution in [3.63, 3.8) is 0 Å². The molecule has 4 N–H and O–H groups in total. The maximum Gasteiger partial charge on any atom is 0.416 e. The SMILES string of the molecule is NC(N)=N/N=C/c1cc(C(F)(F)F)ccc1Cl. The van der Waals surface area contributed by atoms with Crippen LogP contribution in [0.4, 0.5) is 13.2 Å². The van der Waals surface area contributed by atoms with Gasteiger partial charge in [-0.25, -0.2) is 0 Å². The van der Waals surface area contributed by atoms with Crippen LogP contribution in [0.2, 0.25) is 5.02 Å². The molecule has 17 heavy (non-hydrogen) atoms. The van der Waals surface area contributed by atoms with Crippen LogP contribution in [0.25, 0.3) is 0 Å². The molecule has 0 unspecified atom stereocenters. The summed E-state index contributed by atoms with van der Waals surface area (Å²) in [5.41, 5.74) is 9.24. The first-order valence-electron chi connectivity index (χ1n) is 4.29. The Morgan fingerprint density at radius 3 is 2.47 bits per heavy atom. The molecule has 4 nitrogen and oxygen atoms in total. The van der Waals surface area contributed by atoms with Crippen molar-refractivity contribution in [3.8, 4) is 0 Å². The largest absolute Gasteiger partial charge is 0.416 e. The second-order valence-electron chi connectivity index (χ2n) is 3.00. The zero-order valence-corrected chi connectivity index (χ0v) is 9.13. The quantitative estimate of drug-likeness (QED) is 0.487. The molecular weight excluding hydrogens is 257 g/mol. The van der Waals surface area contributed by atoms with Crippen molar-refractivity contribution >= 4 is 23.8 Å². The van der Waals surface area contributed by atoms with E-state index in [9.17, 15) is 13.2 Å². The highest BCUT2D eigenvalue weighted by Gasteiger charge is 2.30. The highest BCUT2D eigenvalue weighted by molar-refractivity contribution is 6.33. The number of guanidine groups is 1. The van der Waals surface area contributed by atoms with Gasteiger partial charge in [0.1, 0.15) is 0 Å². The molecule has 0 aliphatic rings. The fraction of sp³-hybridized carbons (Fsp3) is 0.111. The number of hydrogen-bond donors (Lipinski definition) is 2. The lowest BCUT2D eigenvalue weighted by Crippen LogP contribution is -2.21. The molecular formula is C9H8ClF3N4. The summed E-state index contributed by atoms with van der Waals surface area (Å²) in [4.78, 5) is 0. The molecule has 0 atom stereocenters. The predicted molar refractivity (Wildman–Crippen MR) is 59.9 cm³/mol. The topological polar surface area (TPSA) is 76.8 Å². The third kappa shape index (κ3) is 3.95. The Kier molecular flexibility index (Phi) is 3.95. The van der Waals surface area contributed by atoms with E-state index < -0.39 is 11.7 Å². The molecule has 1 aromatic rings. The van der Waals surface area contributed by atoms with Crippen LogP contribution < -0.4 is 11.5 Å². The van der Waals surface area contributed by atoms with Crippen molar-refractivity contribution in [3.05, 3.63) is 34.3 Å². The van der Waals surface area contributed by atoms with Crippen molar-refractivity contribution in [1.29, 1.82) is 0 Å². The van der Waals surface area contributed by atoms with Gasteiger partial charge in [0.05, 0.1) is 11.8 Å². The van der Waals surface area contributed by atoms with E-state index in [1.54, 1.807) is 0 Å². The zero-order chi connectivity index (χ0) is 13.1. The maximum atomic E-state index is 12.4. The molecule has 8 heteroatoms. The number of benzene rings is 1. The van der Waals surface area contributed by atoms with Crippen LogP contribution in [0.1, 0.15) is 11.1 Å². The Morgan fingerprint density at radius 2 is 1.94 bits per heavy atom. The smallest absolute Gasteiger partial charge is 0.369 e. The van der Waals surface area contributed by atoms with E-state index in [1.165, 1.54) is 0 Å². The molecule has 0 saturated heterocycles. The second-order valence-corrected chi connectivity index (χ2v) is 3.41. The molecule has 0 spiro atoms. The third-order valence-electron chi connectivity index (χ3n) is 1.69. The second kappa shape index (κ2) is 5.05. The summed E-state index contributed by atoms with van der Waals surface area (Å²) >= 11 is 5.69. The summed E-state index contributed by atoms with van der Waals surface area (Å²) in [6.07, 6.45) is -3.40. The molecule has 0 saturated carbocycles. The van der Waals surface area contributed by atoms with Gasteiger partial charge in [0.15, 0.2) is 0 Å². The minimum absolute atomic E-state index is 0.0755. The van der Waals surface area contributed by atoms with Crippen LogP contribution in [-0.2, 0) is 6.18 Å². The molecule has 0 radical (unpaired) electrons. The van der Waals surface area contributed by atoms with Crippen molar-refractivity contribution in [2.24, 2.45) is 21.7 Å². The van der Waals surface area contributed by atoms with E-state index in [2.05, 4.69) is 10.2 Å². The van der Waals surface area contributed by atoms with Gasteiger partial charge >= 0.3 is 6.18 Å². The first-order chi connectivity index (χ1) is 7.80. The lowest BCUT2D eigenvalue weighted by atomic mass is 10.1. The van der Waals surface area contributed by atoms with Crippen molar-refractivity contribution in [2.45, 2.75) is 6.18 Å². The number of alkyl halides is 3. The van der Waals surface area contributed by atoms with E-state index in [4.69, 9.17) is 23.1 Å². The fourth-order valence-corrected chi connectivity index (χ4v) is 1.14. The normalized spacial score (nSPS) is 11.8. The Balaban J connectivity index is 3.08. The van der Waals surface area contributed by atoms with Crippen molar-refractivity contribution < 1.29 is 13.2 Å². The van der Waals surface area contributed by atoms with E-state index in [-0.39, 0.29) is 16.5 Å². The summed E-state index contributed by atoms with van der Waals surface area (Å²) in [7, 11) is 0. The van der Waals surface area contributed by atoms with Gasteiger partial charge in [0, 0.05) is 10.6 Å². The monoisotopic (exact) mass is 264 g/mol. The zero-order valence-electron chi connectivity index (χ0n) is 8.37. The number of nitrogens with zero attached hydrogens (tertiary/aromatic N) is 2. The van der Waals surface area contributed by atoms with Gasteiger partial charge in [0.2, 0.25) is 5.96 Å². The summed E-state index contributed by atoms with van der Waals surface area (Å²) in [5, 5.41) is 6.76. The van der Waals surface area contributed by atoms with E-state index in [0.29, 0.717) is 0 Å². The maximum absolute atomic E-state index is 12.4. The molecule has 0 heterocycles. The highest BCUT2D eigenvalue weighted by Crippen LogP contribution is 2.31. The highest BCUT2D eigenvalue weighted by atomic mass is 35.5. The molecule has 0 aliphatic heterocycles. The van der Waals surface area contributed by atoms with Gasteiger partial charge in [-0.3, -0.25) is 0 Å². The van der Waals surface area contributed by atoms with Crippen LogP contribution in [0.5, 0.6) is 0 Å². The molecule has 0 amide bonds. The summed E-state index contributed by atoms with van der Waals surface area (Å²) in [5.74, 6) is -0.302. The van der Waals surface area contributed by atoms with Gasteiger partial charge in [-0.1, -0.05) is 11.6 Å². The minimum atomic E-state index is -4.44. The number of hydrogen-bond acceptors (Lipinski definition) is 2. The lowest BCUT2D eigenvalue weighted by molar-refractivity contribution is -0.137. The van der Waals surface area contributed by atoms with E-state index >= 15 is 0 Å².